The molecule has 0 amide bonds. The molecule has 0 fully saturated rings. The molecule has 1 aromatic heterocycles. The first kappa shape index (κ1) is 14.1. The quantitative estimate of drug-likeness (QED) is 0.873. The molecule has 20 heavy (non-hydrogen) atoms. The number of benzene rings is 1. The zero-order chi connectivity index (χ0) is 14.5. The van der Waals surface area contributed by atoms with Crippen LogP contribution in [0.5, 0.6) is 5.75 Å². The SMILES string of the molecule is CC(C)CCOc1ccc(-c2cc(C(=O)O)no2)cc1. The van der Waals surface area contributed by atoms with E-state index in [0.29, 0.717) is 18.3 Å². The number of carbonyl (C=O) groups is 1. The Bertz CT molecular complexity index is 572. The van der Waals surface area contributed by atoms with E-state index in [1.165, 1.54) is 6.07 Å². The average molecular weight is 275 g/mol. The highest BCUT2D eigenvalue weighted by molar-refractivity contribution is 5.86. The van der Waals surface area contributed by atoms with E-state index in [0.717, 1.165) is 17.7 Å². The summed E-state index contributed by atoms with van der Waals surface area (Å²) >= 11 is 0. The normalized spacial score (nSPS) is 10.8. The van der Waals surface area contributed by atoms with Gasteiger partial charge < -0.3 is 14.4 Å². The minimum atomic E-state index is -1.10. The summed E-state index contributed by atoms with van der Waals surface area (Å²) < 4.78 is 10.6. The highest BCUT2D eigenvalue weighted by Crippen LogP contribution is 2.23. The Morgan fingerprint density at radius 2 is 2.05 bits per heavy atom. The molecule has 106 valence electrons. The minimum absolute atomic E-state index is 0.0998. The van der Waals surface area contributed by atoms with Crippen LogP contribution in [0.1, 0.15) is 30.8 Å². The number of rotatable bonds is 6. The van der Waals surface area contributed by atoms with Crippen molar-refractivity contribution in [1.82, 2.24) is 5.16 Å². The van der Waals surface area contributed by atoms with Gasteiger partial charge in [-0.05, 0) is 36.6 Å². The number of carboxylic acids is 1. The number of nitrogens with zero attached hydrogens (tertiary/aromatic N) is 1. The standard InChI is InChI=1S/C15H17NO4/c1-10(2)7-8-19-12-5-3-11(4-6-12)14-9-13(15(17)18)16-20-14/h3-6,9-10H,7-8H2,1-2H3,(H,17,18). The summed E-state index contributed by atoms with van der Waals surface area (Å²) in [6.45, 7) is 4.98. The predicted octanol–water partition coefficient (Wildman–Crippen LogP) is 3.46. The lowest BCUT2D eigenvalue weighted by Crippen LogP contribution is -2.01. The van der Waals surface area contributed by atoms with Gasteiger partial charge in [0.05, 0.1) is 6.61 Å². The smallest absolute Gasteiger partial charge is 0.358 e. The van der Waals surface area contributed by atoms with Crippen molar-refractivity contribution in [2.45, 2.75) is 20.3 Å². The fourth-order valence-electron chi connectivity index (χ4n) is 1.64. The van der Waals surface area contributed by atoms with Crippen LogP contribution in [0.3, 0.4) is 0 Å². The molecule has 5 heteroatoms. The van der Waals surface area contributed by atoms with Crippen molar-refractivity contribution in [2.75, 3.05) is 6.61 Å². The van der Waals surface area contributed by atoms with E-state index in [9.17, 15) is 4.79 Å². The summed E-state index contributed by atoms with van der Waals surface area (Å²) in [6.07, 6.45) is 1.01. The van der Waals surface area contributed by atoms with Crippen LogP contribution in [-0.4, -0.2) is 22.8 Å². The Kier molecular flexibility index (Phi) is 4.40. The summed E-state index contributed by atoms with van der Waals surface area (Å²) in [7, 11) is 0. The lowest BCUT2D eigenvalue weighted by atomic mass is 10.1. The third-order valence-electron chi connectivity index (χ3n) is 2.83. The maximum atomic E-state index is 10.7. The van der Waals surface area contributed by atoms with Crippen LogP contribution >= 0.6 is 0 Å². The molecule has 0 unspecified atom stereocenters. The average Bonchev–Trinajstić information content (AvgIpc) is 2.89. The zero-order valence-corrected chi connectivity index (χ0v) is 11.5. The van der Waals surface area contributed by atoms with Gasteiger partial charge in [-0.1, -0.05) is 19.0 Å². The first-order valence-electron chi connectivity index (χ1n) is 6.49. The van der Waals surface area contributed by atoms with Gasteiger partial charge in [-0.3, -0.25) is 0 Å². The van der Waals surface area contributed by atoms with Gasteiger partial charge in [0, 0.05) is 11.6 Å². The third-order valence-corrected chi connectivity index (χ3v) is 2.83. The van der Waals surface area contributed by atoms with Crippen LogP contribution in [-0.2, 0) is 0 Å². The van der Waals surface area contributed by atoms with E-state index in [1.54, 1.807) is 0 Å². The van der Waals surface area contributed by atoms with Gasteiger partial charge >= 0.3 is 5.97 Å². The van der Waals surface area contributed by atoms with E-state index in [-0.39, 0.29) is 5.69 Å². The topological polar surface area (TPSA) is 72.6 Å². The highest BCUT2D eigenvalue weighted by Gasteiger charge is 2.12. The molecule has 1 N–H and O–H groups in total. The summed E-state index contributed by atoms with van der Waals surface area (Å²) in [4.78, 5) is 10.7. The molecule has 0 saturated heterocycles. The molecule has 0 aliphatic rings. The molecule has 0 aliphatic heterocycles. The van der Waals surface area contributed by atoms with Crippen molar-refractivity contribution >= 4 is 5.97 Å². The van der Waals surface area contributed by atoms with Crippen molar-refractivity contribution in [3.8, 4) is 17.1 Å². The minimum Gasteiger partial charge on any atom is -0.494 e. The Labute approximate surface area is 117 Å². The van der Waals surface area contributed by atoms with Crippen LogP contribution in [0.2, 0.25) is 0 Å². The molecule has 0 spiro atoms. The largest absolute Gasteiger partial charge is 0.494 e. The highest BCUT2D eigenvalue weighted by atomic mass is 16.5. The maximum Gasteiger partial charge on any atom is 0.358 e. The van der Waals surface area contributed by atoms with E-state index in [2.05, 4.69) is 19.0 Å². The Hall–Kier alpha value is -2.30. The summed E-state index contributed by atoms with van der Waals surface area (Å²) in [6, 6.07) is 8.70. The lowest BCUT2D eigenvalue weighted by molar-refractivity contribution is 0.0686. The number of aromatic carboxylic acids is 1. The number of aromatic nitrogens is 1. The number of hydrogen-bond acceptors (Lipinski definition) is 4. The fourth-order valence-corrected chi connectivity index (χ4v) is 1.64. The molecule has 2 rings (SSSR count). The van der Waals surface area contributed by atoms with Crippen molar-refractivity contribution in [3.05, 3.63) is 36.0 Å². The van der Waals surface area contributed by atoms with Crippen molar-refractivity contribution in [3.63, 3.8) is 0 Å². The van der Waals surface area contributed by atoms with Crippen molar-refractivity contribution in [1.29, 1.82) is 0 Å². The van der Waals surface area contributed by atoms with Crippen LogP contribution in [0.15, 0.2) is 34.9 Å². The molecule has 1 heterocycles. The predicted molar refractivity (Wildman–Crippen MR) is 73.8 cm³/mol. The first-order chi connectivity index (χ1) is 9.56. The monoisotopic (exact) mass is 275 g/mol. The molecular weight excluding hydrogens is 258 g/mol. The van der Waals surface area contributed by atoms with Crippen LogP contribution in [0, 0.1) is 5.92 Å². The van der Waals surface area contributed by atoms with E-state index >= 15 is 0 Å². The van der Waals surface area contributed by atoms with Gasteiger partial charge in [-0.2, -0.15) is 0 Å². The number of carboxylic acid groups (broad SMARTS) is 1. The molecule has 5 nitrogen and oxygen atoms in total. The van der Waals surface area contributed by atoms with Gasteiger partial charge in [0.25, 0.3) is 0 Å². The number of hydrogen-bond donors (Lipinski definition) is 1. The van der Waals surface area contributed by atoms with Crippen LogP contribution < -0.4 is 4.74 Å². The zero-order valence-electron chi connectivity index (χ0n) is 11.5. The van der Waals surface area contributed by atoms with Crippen molar-refractivity contribution < 1.29 is 19.2 Å². The lowest BCUT2D eigenvalue weighted by Gasteiger charge is -2.08. The maximum absolute atomic E-state index is 10.7. The van der Waals surface area contributed by atoms with Crippen molar-refractivity contribution in [2.24, 2.45) is 5.92 Å². The molecular formula is C15H17NO4. The molecule has 2 aromatic rings. The molecule has 1 aromatic carbocycles. The third kappa shape index (κ3) is 3.60. The summed E-state index contributed by atoms with van der Waals surface area (Å²) in [5.41, 5.74) is 0.665. The van der Waals surface area contributed by atoms with Crippen LogP contribution in [0.4, 0.5) is 0 Å². The van der Waals surface area contributed by atoms with Gasteiger partial charge in [0.2, 0.25) is 0 Å². The molecule has 0 aliphatic carbocycles. The molecule has 0 atom stereocenters. The second-order valence-corrected chi connectivity index (χ2v) is 4.94. The van der Waals surface area contributed by atoms with Gasteiger partial charge in [0.1, 0.15) is 5.75 Å². The molecule has 0 saturated carbocycles. The second kappa shape index (κ2) is 6.23. The summed E-state index contributed by atoms with van der Waals surface area (Å²) in [5, 5.41) is 12.3. The first-order valence-corrected chi connectivity index (χ1v) is 6.49. The van der Waals surface area contributed by atoms with E-state index < -0.39 is 5.97 Å². The molecule has 0 radical (unpaired) electrons. The van der Waals surface area contributed by atoms with Gasteiger partial charge in [-0.25, -0.2) is 4.79 Å². The van der Waals surface area contributed by atoms with Gasteiger partial charge in [-0.15, -0.1) is 0 Å². The Morgan fingerprint density at radius 1 is 1.35 bits per heavy atom. The fraction of sp³-hybridized carbons (Fsp3) is 0.333. The molecule has 0 bridgehead atoms. The number of ether oxygens (including phenoxy) is 1. The second-order valence-electron chi connectivity index (χ2n) is 4.94. The summed E-state index contributed by atoms with van der Waals surface area (Å²) in [5.74, 6) is 0.718. The van der Waals surface area contributed by atoms with E-state index in [4.69, 9.17) is 14.4 Å². The van der Waals surface area contributed by atoms with Crippen LogP contribution in [0.25, 0.3) is 11.3 Å². The van der Waals surface area contributed by atoms with Gasteiger partial charge in [0.15, 0.2) is 11.5 Å². The Morgan fingerprint density at radius 3 is 2.60 bits per heavy atom. The Balaban J connectivity index is 2.01. The van der Waals surface area contributed by atoms with E-state index in [1.807, 2.05) is 24.3 Å².